The Labute approximate surface area is 116 Å². The molecular weight excluding hydrogens is 236 g/mol. The Morgan fingerprint density at radius 3 is 2.53 bits per heavy atom. The number of ether oxygens (including phenoxy) is 1. The Hall–Kier alpha value is -1.06. The van der Waals surface area contributed by atoms with E-state index in [9.17, 15) is 0 Å². The van der Waals surface area contributed by atoms with E-state index >= 15 is 0 Å². The number of nitrogens with zero attached hydrogens (tertiary/aromatic N) is 1. The molecule has 0 aliphatic heterocycles. The molecule has 1 aromatic carbocycles. The van der Waals surface area contributed by atoms with Gasteiger partial charge in [-0.15, -0.1) is 0 Å². The molecular formula is C16H26N2O. The lowest BCUT2D eigenvalue weighted by Crippen LogP contribution is -2.32. The number of rotatable bonds is 6. The second kappa shape index (κ2) is 5.93. The normalized spacial score (nSPS) is 16.7. The molecule has 0 saturated heterocycles. The topological polar surface area (TPSA) is 24.5 Å². The van der Waals surface area contributed by atoms with Crippen LogP contribution < -0.4 is 10.1 Å². The van der Waals surface area contributed by atoms with Gasteiger partial charge < -0.3 is 15.0 Å². The number of hydrogen-bond donors (Lipinski definition) is 1. The van der Waals surface area contributed by atoms with Crippen LogP contribution in [0.1, 0.15) is 35.6 Å². The first-order valence-electron chi connectivity index (χ1n) is 7.08. The molecule has 0 heterocycles. The van der Waals surface area contributed by atoms with Crippen LogP contribution >= 0.6 is 0 Å². The SMILES string of the molecule is COc1cc(C)cc(C)c1C(CNC1CC1)N(C)C. The lowest BCUT2D eigenvalue weighted by atomic mass is 9.97. The number of methoxy groups -OCH3 is 1. The monoisotopic (exact) mass is 262 g/mol. The third kappa shape index (κ3) is 3.48. The van der Waals surface area contributed by atoms with Crippen molar-refractivity contribution in [3.8, 4) is 5.75 Å². The highest BCUT2D eigenvalue weighted by Crippen LogP contribution is 2.33. The van der Waals surface area contributed by atoms with Crippen molar-refractivity contribution < 1.29 is 4.74 Å². The molecule has 19 heavy (non-hydrogen) atoms. The van der Waals surface area contributed by atoms with Crippen molar-refractivity contribution in [2.75, 3.05) is 27.7 Å². The van der Waals surface area contributed by atoms with E-state index in [1.165, 1.54) is 29.5 Å². The second-order valence-corrected chi connectivity index (χ2v) is 5.86. The van der Waals surface area contributed by atoms with Crippen LogP contribution in [-0.4, -0.2) is 38.7 Å². The van der Waals surface area contributed by atoms with E-state index in [1.807, 2.05) is 0 Å². The number of aryl methyl sites for hydroxylation is 2. The zero-order valence-electron chi connectivity index (χ0n) is 12.8. The Morgan fingerprint density at radius 2 is 2.00 bits per heavy atom. The van der Waals surface area contributed by atoms with Crippen molar-refractivity contribution in [1.82, 2.24) is 10.2 Å². The zero-order chi connectivity index (χ0) is 14.0. The van der Waals surface area contributed by atoms with Crippen molar-refractivity contribution in [2.45, 2.75) is 38.8 Å². The lowest BCUT2D eigenvalue weighted by molar-refractivity contribution is 0.277. The summed E-state index contributed by atoms with van der Waals surface area (Å²) in [6.07, 6.45) is 2.65. The summed E-state index contributed by atoms with van der Waals surface area (Å²) in [5, 5.41) is 3.63. The Bertz CT molecular complexity index is 439. The molecule has 1 atom stereocenters. The molecule has 0 amide bonds. The van der Waals surface area contributed by atoms with Gasteiger partial charge in [-0.05, 0) is 58.0 Å². The van der Waals surface area contributed by atoms with Gasteiger partial charge in [0, 0.05) is 18.2 Å². The van der Waals surface area contributed by atoms with E-state index in [0.29, 0.717) is 6.04 Å². The standard InChI is InChI=1S/C16H26N2O/c1-11-8-12(2)16(15(9-11)19-5)14(18(3)4)10-17-13-6-7-13/h8-9,13-14,17H,6-7,10H2,1-5H3. The van der Waals surface area contributed by atoms with E-state index in [-0.39, 0.29) is 0 Å². The maximum absolute atomic E-state index is 5.61. The van der Waals surface area contributed by atoms with Crippen molar-refractivity contribution in [3.63, 3.8) is 0 Å². The predicted octanol–water partition coefficient (Wildman–Crippen LogP) is 2.67. The van der Waals surface area contributed by atoms with E-state index in [4.69, 9.17) is 4.74 Å². The zero-order valence-corrected chi connectivity index (χ0v) is 12.8. The summed E-state index contributed by atoms with van der Waals surface area (Å²) < 4.78 is 5.61. The summed E-state index contributed by atoms with van der Waals surface area (Å²) in [6, 6.07) is 5.47. The van der Waals surface area contributed by atoms with Crippen LogP contribution in [0.5, 0.6) is 5.75 Å². The van der Waals surface area contributed by atoms with Crippen LogP contribution in [0.15, 0.2) is 12.1 Å². The Kier molecular flexibility index (Phi) is 4.48. The van der Waals surface area contributed by atoms with Crippen LogP contribution in [-0.2, 0) is 0 Å². The first-order chi connectivity index (χ1) is 9.02. The van der Waals surface area contributed by atoms with Gasteiger partial charge >= 0.3 is 0 Å². The molecule has 1 unspecified atom stereocenters. The molecule has 1 fully saturated rings. The van der Waals surface area contributed by atoms with Gasteiger partial charge in [0.25, 0.3) is 0 Å². The third-order valence-corrected chi connectivity index (χ3v) is 3.85. The van der Waals surface area contributed by atoms with Gasteiger partial charge in [0.05, 0.1) is 13.2 Å². The van der Waals surface area contributed by atoms with Crippen molar-refractivity contribution in [2.24, 2.45) is 0 Å². The lowest BCUT2D eigenvalue weighted by Gasteiger charge is -2.28. The summed E-state index contributed by atoms with van der Waals surface area (Å²) in [5.74, 6) is 1.01. The average molecular weight is 262 g/mol. The fraction of sp³-hybridized carbons (Fsp3) is 0.625. The molecule has 106 valence electrons. The maximum Gasteiger partial charge on any atom is 0.124 e. The third-order valence-electron chi connectivity index (χ3n) is 3.85. The minimum Gasteiger partial charge on any atom is -0.496 e. The van der Waals surface area contributed by atoms with Gasteiger partial charge in [0.1, 0.15) is 5.75 Å². The number of nitrogens with one attached hydrogen (secondary N) is 1. The molecule has 1 aromatic rings. The fourth-order valence-electron chi connectivity index (χ4n) is 2.64. The maximum atomic E-state index is 5.61. The van der Waals surface area contributed by atoms with Crippen LogP contribution in [0.25, 0.3) is 0 Å². The van der Waals surface area contributed by atoms with Crippen LogP contribution in [0.4, 0.5) is 0 Å². The van der Waals surface area contributed by atoms with Crippen LogP contribution in [0.3, 0.4) is 0 Å². The largest absolute Gasteiger partial charge is 0.496 e. The average Bonchev–Trinajstić information content (AvgIpc) is 3.14. The van der Waals surface area contributed by atoms with Gasteiger partial charge in [0.2, 0.25) is 0 Å². The number of benzene rings is 1. The van der Waals surface area contributed by atoms with Gasteiger partial charge in [0.15, 0.2) is 0 Å². The molecule has 1 aliphatic rings. The second-order valence-electron chi connectivity index (χ2n) is 5.86. The molecule has 3 heteroatoms. The molecule has 0 spiro atoms. The molecule has 0 aromatic heterocycles. The Balaban J connectivity index is 2.28. The van der Waals surface area contributed by atoms with Crippen molar-refractivity contribution in [3.05, 3.63) is 28.8 Å². The Morgan fingerprint density at radius 1 is 1.32 bits per heavy atom. The molecule has 1 aliphatic carbocycles. The molecule has 1 N–H and O–H groups in total. The smallest absolute Gasteiger partial charge is 0.124 e. The molecule has 0 radical (unpaired) electrons. The highest BCUT2D eigenvalue weighted by Gasteiger charge is 2.25. The minimum absolute atomic E-state index is 0.358. The minimum atomic E-state index is 0.358. The van der Waals surface area contributed by atoms with Crippen LogP contribution in [0.2, 0.25) is 0 Å². The summed E-state index contributed by atoms with van der Waals surface area (Å²) in [5.41, 5.74) is 3.88. The van der Waals surface area contributed by atoms with E-state index in [0.717, 1.165) is 18.3 Å². The highest BCUT2D eigenvalue weighted by atomic mass is 16.5. The van der Waals surface area contributed by atoms with Crippen LogP contribution in [0, 0.1) is 13.8 Å². The van der Waals surface area contributed by atoms with Crippen molar-refractivity contribution >= 4 is 0 Å². The first kappa shape index (κ1) is 14.4. The summed E-state index contributed by atoms with van der Waals surface area (Å²) in [4.78, 5) is 2.27. The van der Waals surface area contributed by atoms with Gasteiger partial charge in [-0.25, -0.2) is 0 Å². The van der Waals surface area contributed by atoms with Gasteiger partial charge in [-0.2, -0.15) is 0 Å². The summed E-state index contributed by atoms with van der Waals surface area (Å²) >= 11 is 0. The summed E-state index contributed by atoms with van der Waals surface area (Å²) in [7, 11) is 6.04. The van der Waals surface area contributed by atoms with Gasteiger partial charge in [-0.3, -0.25) is 0 Å². The number of likely N-dealkylation sites (N-methyl/N-ethyl adjacent to an activating group) is 1. The van der Waals surface area contributed by atoms with Crippen molar-refractivity contribution in [1.29, 1.82) is 0 Å². The predicted molar refractivity (Wildman–Crippen MR) is 79.9 cm³/mol. The first-order valence-corrected chi connectivity index (χ1v) is 7.08. The molecule has 1 saturated carbocycles. The van der Waals surface area contributed by atoms with E-state index < -0.39 is 0 Å². The molecule has 3 nitrogen and oxygen atoms in total. The molecule has 0 bridgehead atoms. The fourth-order valence-corrected chi connectivity index (χ4v) is 2.64. The van der Waals surface area contributed by atoms with Gasteiger partial charge in [-0.1, -0.05) is 6.07 Å². The quantitative estimate of drug-likeness (QED) is 0.853. The van der Waals surface area contributed by atoms with E-state index in [1.54, 1.807) is 7.11 Å². The number of hydrogen-bond acceptors (Lipinski definition) is 3. The summed E-state index contributed by atoms with van der Waals surface area (Å²) in [6.45, 7) is 5.28. The van der Waals surface area contributed by atoms with E-state index in [2.05, 4.69) is 50.3 Å². The molecule has 2 rings (SSSR count). The highest BCUT2D eigenvalue weighted by molar-refractivity contribution is 5.45.